The summed E-state index contributed by atoms with van der Waals surface area (Å²) in [6.07, 6.45) is 0.219. The van der Waals surface area contributed by atoms with Gasteiger partial charge in [-0.05, 0) is 26.0 Å². The number of rotatable bonds is 6. The molecule has 0 aromatic heterocycles. The molecule has 0 bridgehead atoms. The van der Waals surface area contributed by atoms with Crippen molar-refractivity contribution in [2.75, 3.05) is 45.7 Å². The third-order valence-electron chi connectivity index (χ3n) is 4.01. The van der Waals surface area contributed by atoms with E-state index in [-0.39, 0.29) is 30.6 Å². The second-order valence-electron chi connectivity index (χ2n) is 6.48. The Morgan fingerprint density at radius 3 is 2.64 bits per heavy atom. The number of carbonyl (C=O) groups excluding carboxylic acids is 2. The first kappa shape index (κ1) is 19.2. The Balaban J connectivity index is 1.82. The molecule has 138 valence electrons. The van der Waals surface area contributed by atoms with Crippen molar-refractivity contribution in [1.82, 2.24) is 9.80 Å². The molecular formula is C18H27N3O4. The molecule has 1 saturated heterocycles. The van der Waals surface area contributed by atoms with Gasteiger partial charge >= 0.3 is 0 Å². The summed E-state index contributed by atoms with van der Waals surface area (Å²) in [5, 5.41) is 2.77. The molecule has 2 atom stereocenters. The van der Waals surface area contributed by atoms with Crippen LogP contribution in [0.25, 0.3) is 0 Å². The van der Waals surface area contributed by atoms with Crippen LogP contribution in [0, 0.1) is 0 Å². The van der Waals surface area contributed by atoms with Crippen molar-refractivity contribution in [3.8, 4) is 5.75 Å². The Morgan fingerprint density at radius 1 is 1.32 bits per heavy atom. The van der Waals surface area contributed by atoms with E-state index in [1.165, 1.54) is 4.90 Å². The normalized spacial score (nSPS) is 20.8. The van der Waals surface area contributed by atoms with Gasteiger partial charge in [-0.25, -0.2) is 0 Å². The van der Waals surface area contributed by atoms with E-state index in [4.69, 9.17) is 9.47 Å². The van der Waals surface area contributed by atoms with Crippen molar-refractivity contribution in [3.05, 3.63) is 24.3 Å². The molecule has 0 aliphatic carbocycles. The number of benzene rings is 1. The quantitative estimate of drug-likeness (QED) is 0.836. The highest BCUT2D eigenvalue weighted by Crippen LogP contribution is 2.16. The first-order valence-corrected chi connectivity index (χ1v) is 8.43. The summed E-state index contributed by atoms with van der Waals surface area (Å²) >= 11 is 0. The van der Waals surface area contributed by atoms with Crippen molar-refractivity contribution in [2.45, 2.75) is 26.1 Å². The lowest BCUT2D eigenvalue weighted by Crippen LogP contribution is -2.50. The lowest BCUT2D eigenvalue weighted by Gasteiger charge is -2.35. The molecule has 0 unspecified atom stereocenters. The van der Waals surface area contributed by atoms with Gasteiger partial charge in [0, 0.05) is 31.9 Å². The molecule has 0 radical (unpaired) electrons. The number of hydrogen-bond donors (Lipinski definition) is 1. The molecule has 0 saturated carbocycles. The molecule has 7 heteroatoms. The molecule has 2 amide bonds. The Hall–Kier alpha value is -2.12. The highest BCUT2D eigenvalue weighted by molar-refractivity contribution is 5.94. The average molecular weight is 349 g/mol. The van der Waals surface area contributed by atoms with Gasteiger partial charge in [-0.1, -0.05) is 6.07 Å². The standard InChI is InChI=1S/C18H27N3O4/c1-13-9-21(10-14(2)25-13)12-18(23)20(3)11-17(22)19-15-6-5-7-16(8-15)24-4/h5-8,13-14H,9-12H2,1-4H3,(H,19,22)/t13-,14-/m1/s1. The molecular weight excluding hydrogens is 322 g/mol. The van der Waals surface area contributed by atoms with Crippen LogP contribution < -0.4 is 10.1 Å². The van der Waals surface area contributed by atoms with Gasteiger partial charge in [0.1, 0.15) is 5.75 Å². The van der Waals surface area contributed by atoms with E-state index >= 15 is 0 Å². The first-order chi connectivity index (χ1) is 11.9. The van der Waals surface area contributed by atoms with Crippen LogP contribution in [0.4, 0.5) is 5.69 Å². The molecule has 2 rings (SSSR count). The summed E-state index contributed by atoms with van der Waals surface area (Å²) in [4.78, 5) is 28.0. The van der Waals surface area contributed by atoms with Crippen LogP contribution in [-0.2, 0) is 14.3 Å². The summed E-state index contributed by atoms with van der Waals surface area (Å²) in [6, 6.07) is 7.11. The molecule has 7 nitrogen and oxygen atoms in total. The van der Waals surface area contributed by atoms with Crippen molar-refractivity contribution in [3.63, 3.8) is 0 Å². The lowest BCUT2D eigenvalue weighted by molar-refractivity contribution is -0.137. The highest BCUT2D eigenvalue weighted by Gasteiger charge is 2.25. The van der Waals surface area contributed by atoms with Gasteiger partial charge in [-0.2, -0.15) is 0 Å². The van der Waals surface area contributed by atoms with E-state index in [9.17, 15) is 9.59 Å². The second kappa shape index (κ2) is 8.82. The van der Waals surface area contributed by atoms with E-state index < -0.39 is 0 Å². The number of anilines is 1. The number of nitrogens with zero attached hydrogens (tertiary/aromatic N) is 2. The minimum atomic E-state index is -0.243. The molecule has 1 aromatic carbocycles. The van der Waals surface area contributed by atoms with Gasteiger partial charge in [-0.3, -0.25) is 14.5 Å². The van der Waals surface area contributed by atoms with Crippen molar-refractivity contribution < 1.29 is 19.1 Å². The number of likely N-dealkylation sites (N-methyl/N-ethyl adjacent to an activating group) is 1. The number of amides is 2. The average Bonchev–Trinajstić information content (AvgIpc) is 2.53. The minimum absolute atomic E-state index is 0.00545. The Labute approximate surface area is 148 Å². The number of hydrogen-bond acceptors (Lipinski definition) is 5. The fourth-order valence-electron chi connectivity index (χ4n) is 2.93. The molecule has 1 aromatic rings. The van der Waals surface area contributed by atoms with Crippen molar-refractivity contribution in [1.29, 1.82) is 0 Å². The second-order valence-corrected chi connectivity index (χ2v) is 6.48. The van der Waals surface area contributed by atoms with E-state index in [1.54, 1.807) is 38.4 Å². The Bertz CT molecular complexity index is 598. The van der Waals surface area contributed by atoms with E-state index in [2.05, 4.69) is 10.2 Å². The van der Waals surface area contributed by atoms with Crippen LogP contribution >= 0.6 is 0 Å². The molecule has 1 fully saturated rings. The summed E-state index contributed by atoms with van der Waals surface area (Å²) < 4.78 is 10.8. The SMILES string of the molecule is COc1cccc(NC(=O)CN(C)C(=O)CN2C[C@@H](C)O[C@H](C)C2)c1. The number of nitrogens with one attached hydrogen (secondary N) is 1. The topological polar surface area (TPSA) is 71.1 Å². The monoisotopic (exact) mass is 349 g/mol. The zero-order valence-corrected chi connectivity index (χ0v) is 15.3. The largest absolute Gasteiger partial charge is 0.497 e. The molecule has 0 spiro atoms. The zero-order valence-electron chi connectivity index (χ0n) is 15.3. The summed E-state index contributed by atoms with van der Waals surface area (Å²) in [7, 11) is 3.21. The zero-order chi connectivity index (χ0) is 18.4. The minimum Gasteiger partial charge on any atom is -0.497 e. The summed E-state index contributed by atoms with van der Waals surface area (Å²) in [5.41, 5.74) is 0.640. The number of ether oxygens (including phenoxy) is 2. The number of morpholine rings is 1. The van der Waals surface area contributed by atoms with Gasteiger partial charge < -0.3 is 19.7 Å². The van der Waals surface area contributed by atoms with Crippen LogP contribution in [0.3, 0.4) is 0 Å². The third-order valence-corrected chi connectivity index (χ3v) is 4.01. The van der Waals surface area contributed by atoms with Crippen LogP contribution in [-0.4, -0.2) is 74.2 Å². The van der Waals surface area contributed by atoms with Gasteiger partial charge in [0.05, 0.1) is 32.4 Å². The predicted octanol–water partition coefficient (Wildman–Crippen LogP) is 1.20. The Morgan fingerprint density at radius 2 is 2.00 bits per heavy atom. The van der Waals surface area contributed by atoms with Crippen LogP contribution in [0.5, 0.6) is 5.75 Å². The number of carbonyl (C=O) groups is 2. The molecule has 1 aliphatic heterocycles. The van der Waals surface area contributed by atoms with Gasteiger partial charge in [0.2, 0.25) is 11.8 Å². The van der Waals surface area contributed by atoms with Gasteiger partial charge in [0.25, 0.3) is 0 Å². The fraction of sp³-hybridized carbons (Fsp3) is 0.556. The maximum absolute atomic E-state index is 12.4. The predicted molar refractivity (Wildman–Crippen MR) is 95.7 cm³/mol. The van der Waals surface area contributed by atoms with E-state index in [1.807, 2.05) is 13.8 Å². The molecule has 1 aliphatic rings. The Kier molecular flexibility index (Phi) is 6.78. The van der Waals surface area contributed by atoms with E-state index in [0.29, 0.717) is 18.0 Å². The van der Waals surface area contributed by atoms with Crippen LogP contribution in [0.2, 0.25) is 0 Å². The van der Waals surface area contributed by atoms with Crippen molar-refractivity contribution >= 4 is 17.5 Å². The van der Waals surface area contributed by atoms with Crippen LogP contribution in [0.15, 0.2) is 24.3 Å². The third kappa shape index (κ3) is 6.03. The highest BCUT2D eigenvalue weighted by atomic mass is 16.5. The molecule has 1 heterocycles. The summed E-state index contributed by atoms with van der Waals surface area (Å²) in [6.45, 7) is 5.74. The van der Waals surface area contributed by atoms with Gasteiger partial charge in [0.15, 0.2) is 0 Å². The summed E-state index contributed by atoms with van der Waals surface area (Å²) in [5.74, 6) is 0.340. The van der Waals surface area contributed by atoms with E-state index in [0.717, 1.165) is 13.1 Å². The van der Waals surface area contributed by atoms with Gasteiger partial charge in [-0.15, -0.1) is 0 Å². The maximum atomic E-state index is 12.4. The fourth-order valence-corrected chi connectivity index (χ4v) is 2.93. The number of methoxy groups -OCH3 is 1. The lowest BCUT2D eigenvalue weighted by atomic mass is 10.2. The molecule has 25 heavy (non-hydrogen) atoms. The smallest absolute Gasteiger partial charge is 0.243 e. The first-order valence-electron chi connectivity index (χ1n) is 8.43. The molecule has 1 N–H and O–H groups in total. The maximum Gasteiger partial charge on any atom is 0.243 e. The van der Waals surface area contributed by atoms with Crippen molar-refractivity contribution in [2.24, 2.45) is 0 Å². The van der Waals surface area contributed by atoms with Crippen LogP contribution in [0.1, 0.15) is 13.8 Å².